The number of aliphatic hydroxyl groups is 1. The van der Waals surface area contributed by atoms with Crippen LogP contribution in [-0.2, 0) is 4.89 Å². The van der Waals surface area contributed by atoms with Crippen LogP contribution in [0.5, 0.6) is 0 Å². The Labute approximate surface area is 184 Å². The van der Waals surface area contributed by atoms with Crippen LogP contribution in [0.25, 0.3) is 0 Å². The highest BCUT2D eigenvalue weighted by molar-refractivity contribution is 5.28. The molecule has 1 unspecified atom stereocenters. The second-order valence-electron chi connectivity index (χ2n) is 12.4. The van der Waals surface area contributed by atoms with Crippen molar-refractivity contribution in [3.05, 3.63) is 11.3 Å². The van der Waals surface area contributed by atoms with Crippen molar-refractivity contribution >= 4 is 0 Å². The average molecular weight is 419 g/mol. The first kappa shape index (κ1) is 22.6. The quantitative estimate of drug-likeness (QED) is 0.354. The molecular formula is C27H46O3. The molecule has 30 heavy (non-hydrogen) atoms. The molecule has 4 aliphatic rings. The molecule has 4 rings (SSSR count). The van der Waals surface area contributed by atoms with Gasteiger partial charge in [-0.25, -0.2) is 5.26 Å². The Bertz CT molecular complexity index is 654. The zero-order valence-corrected chi connectivity index (χ0v) is 20.1. The highest BCUT2D eigenvalue weighted by Gasteiger charge is 2.60. The summed E-state index contributed by atoms with van der Waals surface area (Å²) in [5.41, 5.74) is 1.77. The van der Waals surface area contributed by atoms with E-state index in [0.717, 1.165) is 48.7 Å². The third-order valence-electron chi connectivity index (χ3n) is 10.5. The molecule has 3 fully saturated rings. The van der Waals surface area contributed by atoms with Crippen LogP contribution in [0, 0.1) is 46.3 Å². The number of aliphatic hydroxyl groups excluding tert-OH is 1. The van der Waals surface area contributed by atoms with Gasteiger partial charge in [-0.1, -0.05) is 53.9 Å². The molecule has 0 aromatic carbocycles. The van der Waals surface area contributed by atoms with Crippen molar-refractivity contribution in [3.63, 3.8) is 0 Å². The third-order valence-corrected chi connectivity index (χ3v) is 10.5. The molecule has 8 atom stereocenters. The van der Waals surface area contributed by atoms with Crippen LogP contribution >= 0.6 is 0 Å². The van der Waals surface area contributed by atoms with E-state index in [-0.39, 0.29) is 11.5 Å². The minimum atomic E-state index is -0.272. The second-order valence-corrected chi connectivity index (χ2v) is 12.4. The van der Waals surface area contributed by atoms with Gasteiger partial charge in [0.2, 0.25) is 0 Å². The Morgan fingerprint density at radius 2 is 1.73 bits per heavy atom. The van der Waals surface area contributed by atoms with Crippen molar-refractivity contribution < 1.29 is 15.3 Å². The first-order valence-corrected chi connectivity index (χ1v) is 12.9. The first-order valence-electron chi connectivity index (χ1n) is 12.9. The van der Waals surface area contributed by atoms with E-state index < -0.39 is 0 Å². The van der Waals surface area contributed by atoms with Gasteiger partial charge in [0, 0.05) is 6.42 Å². The summed E-state index contributed by atoms with van der Waals surface area (Å²) in [6, 6.07) is 0. The molecule has 172 valence electrons. The number of hydrogen-bond acceptors (Lipinski definition) is 3. The number of allylic oxidation sites excluding steroid dienone is 1. The van der Waals surface area contributed by atoms with Gasteiger partial charge in [0.1, 0.15) is 5.76 Å². The minimum absolute atomic E-state index is 0.0997. The van der Waals surface area contributed by atoms with Crippen molar-refractivity contribution in [2.45, 2.75) is 111 Å². The molecule has 0 heterocycles. The zero-order valence-electron chi connectivity index (χ0n) is 20.1. The summed E-state index contributed by atoms with van der Waals surface area (Å²) in [5, 5.41) is 20.1. The SMILES string of the molecule is CC(C)CCC[C@@H](C)[C@H]1CC[C@H]2[C@@H]3CC(OO)=C4CC(O)CC[C@]4(C)[C@H]3CC[C@]12C. The molecule has 0 aliphatic heterocycles. The van der Waals surface area contributed by atoms with Crippen molar-refractivity contribution in [2.75, 3.05) is 0 Å². The first-order chi connectivity index (χ1) is 14.2. The summed E-state index contributed by atoms with van der Waals surface area (Å²) in [5.74, 6) is 5.35. The summed E-state index contributed by atoms with van der Waals surface area (Å²) >= 11 is 0. The van der Waals surface area contributed by atoms with Gasteiger partial charge in [-0.05, 0) is 96.9 Å². The van der Waals surface area contributed by atoms with Gasteiger partial charge in [-0.3, -0.25) is 0 Å². The lowest BCUT2D eigenvalue weighted by molar-refractivity contribution is -0.218. The number of fused-ring (bicyclic) bond motifs is 5. The summed E-state index contributed by atoms with van der Waals surface area (Å²) < 4.78 is 0. The molecule has 0 aromatic rings. The summed E-state index contributed by atoms with van der Waals surface area (Å²) in [7, 11) is 0. The van der Waals surface area contributed by atoms with Crippen LogP contribution < -0.4 is 0 Å². The maximum absolute atomic E-state index is 10.3. The fourth-order valence-electron chi connectivity index (χ4n) is 8.85. The molecular weight excluding hydrogens is 372 g/mol. The van der Waals surface area contributed by atoms with E-state index in [1.165, 1.54) is 50.5 Å². The van der Waals surface area contributed by atoms with E-state index in [1.807, 2.05) is 0 Å². The van der Waals surface area contributed by atoms with Crippen molar-refractivity contribution in [2.24, 2.45) is 46.3 Å². The zero-order chi connectivity index (χ0) is 21.7. The lowest BCUT2D eigenvalue weighted by Crippen LogP contribution is -2.51. The van der Waals surface area contributed by atoms with E-state index in [2.05, 4.69) is 34.6 Å². The van der Waals surface area contributed by atoms with Crippen LogP contribution in [0.3, 0.4) is 0 Å². The van der Waals surface area contributed by atoms with Crippen LogP contribution in [0.2, 0.25) is 0 Å². The van der Waals surface area contributed by atoms with Crippen molar-refractivity contribution in [1.29, 1.82) is 0 Å². The fourth-order valence-corrected chi connectivity index (χ4v) is 8.85. The molecule has 3 nitrogen and oxygen atoms in total. The molecule has 2 N–H and O–H groups in total. The summed E-state index contributed by atoms with van der Waals surface area (Å²) in [6.45, 7) is 12.2. The normalized spacial score (nSPS) is 44.5. The highest BCUT2D eigenvalue weighted by atomic mass is 17.1. The molecule has 3 heteroatoms. The summed E-state index contributed by atoms with van der Waals surface area (Å²) in [6.07, 6.45) is 12.7. The van der Waals surface area contributed by atoms with E-state index in [0.29, 0.717) is 23.7 Å². The van der Waals surface area contributed by atoms with Gasteiger partial charge in [0.05, 0.1) is 6.10 Å². The summed E-state index contributed by atoms with van der Waals surface area (Å²) in [4.78, 5) is 5.02. The van der Waals surface area contributed by atoms with Gasteiger partial charge < -0.3 is 9.99 Å². The molecule has 0 aromatic heterocycles. The molecule has 4 aliphatic carbocycles. The Kier molecular flexibility index (Phi) is 6.36. The number of rotatable bonds is 6. The van der Waals surface area contributed by atoms with Gasteiger partial charge in [-0.2, -0.15) is 0 Å². The van der Waals surface area contributed by atoms with Crippen LogP contribution in [0.15, 0.2) is 11.3 Å². The fraction of sp³-hybridized carbons (Fsp3) is 0.926. The van der Waals surface area contributed by atoms with Gasteiger partial charge in [0.15, 0.2) is 0 Å². The third kappa shape index (κ3) is 3.66. The van der Waals surface area contributed by atoms with Gasteiger partial charge >= 0.3 is 0 Å². The van der Waals surface area contributed by atoms with Crippen molar-refractivity contribution in [3.8, 4) is 0 Å². The topological polar surface area (TPSA) is 49.7 Å². The predicted octanol–water partition coefficient (Wildman–Crippen LogP) is 7.21. The minimum Gasteiger partial charge on any atom is -0.393 e. The molecule has 0 saturated heterocycles. The largest absolute Gasteiger partial charge is 0.393 e. The van der Waals surface area contributed by atoms with Crippen LogP contribution in [0.4, 0.5) is 0 Å². The lowest BCUT2D eigenvalue weighted by Gasteiger charge is -2.58. The van der Waals surface area contributed by atoms with Gasteiger partial charge in [0.25, 0.3) is 0 Å². The maximum atomic E-state index is 10.3. The Morgan fingerprint density at radius 1 is 0.967 bits per heavy atom. The van der Waals surface area contributed by atoms with E-state index in [1.54, 1.807) is 0 Å². The highest BCUT2D eigenvalue weighted by Crippen LogP contribution is 2.68. The molecule has 0 bridgehead atoms. The Hall–Kier alpha value is -0.540. The smallest absolute Gasteiger partial charge is 0.142 e. The van der Waals surface area contributed by atoms with E-state index in [9.17, 15) is 10.4 Å². The van der Waals surface area contributed by atoms with E-state index >= 15 is 0 Å². The lowest BCUT2D eigenvalue weighted by atomic mass is 9.46. The average Bonchev–Trinajstić information content (AvgIpc) is 3.05. The van der Waals surface area contributed by atoms with Crippen molar-refractivity contribution in [1.82, 2.24) is 0 Å². The molecule has 3 saturated carbocycles. The molecule has 0 radical (unpaired) electrons. The maximum Gasteiger partial charge on any atom is 0.142 e. The Morgan fingerprint density at radius 3 is 2.43 bits per heavy atom. The predicted molar refractivity (Wildman–Crippen MR) is 122 cm³/mol. The van der Waals surface area contributed by atoms with Crippen LogP contribution in [0.1, 0.15) is 105 Å². The molecule has 0 amide bonds. The van der Waals surface area contributed by atoms with Gasteiger partial charge in [-0.15, -0.1) is 0 Å². The standard InChI is InChI=1S/C27H46O3/c1-17(2)7-6-8-18(3)21-9-10-22-20-16-25(30-29)24-15-19(28)11-13-27(24,5)23(20)12-14-26(21,22)4/h17-23,28-29H,6-16H2,1-5H3/t18-,19?,20+,21-,22+,23+,26-,27-/m1/s1. The Balaban J connectivity index is 1.55. The number of hydrogen-bond donors (Lipinski definition) is 2. The monoisotopic (exact) mass is 418 g/mol. The second kappa shape index (κ2) is 8.43. The van der Waals surface area contributed by atoms with Crippen LogP contribution in [-0.4, -0.2) is 16.5 Å². The van der Waals surface area contributed by atoms with E-state index in [4.69, 9.17) is 4.89 Å². The molecule has 0 spiro atoms.